The molecular weight excluding hydrogens is 281 g/mol. The van der Waals surface area contributed by atoms with Gasteiger partial charge in [-0.25, -0.2) is 0 Å². The van der Waals surface area contributed by atoms with E-state index in [0.717, 1.165) is 17.7 Å². The molecule has 0 aromatic heterocycles. The van der Waals surface area contributed by atoms with Crippen molar-refractivity contribution in [1.29, 1.82) is 0 Å². The Morgan fingerprint density at radius 3 is 2.38 bits per heavy atom. The number of ketones is 1. The number of carbonyl (C=O) groups is 1. The number of rotatable bonds is 2. The van der Waals surface area contributed by atoms with Crippen molar-refractivity contribution in [3.05, 3.63) is 65.2 Å². The molecule has 0 radical (unpaired) electrons. The SMILES string of the molecule is O=C(c1ccc(C(F)(F)F)cc1)C1COc2ccccc21. The monoisotopic (exact) mass is 292 g/mol. The fourth-order valence-electron chi connectivity index (χ4n) is 2.40. The standard InChI is InChI=1S/C16H11F3O2/c17-16(18,19)11-7-5-10(6-8-11)15(20)13-9-21-14-4-2-1-3-12(13)14/h1-8,13H,9H2. The molecule has 3 rings (SSSR count). The Kier molecular flexibility index (Phi) is 3.20. The third kappa shape index (κ3) is 2.51. The zero-order valence-corrected chi connectivity index (χ0v) is 10.9. The second kappa shape index (κ2) is 4.91. The quantitative estimate of drug-likeness (QED) is 0.780. The molecule has 0 amide bonds. The van der Waals surface area contributed by atoms with Crippen LogP contribution in [0.15, 0.2) is 48.5 Å². The summed E-state index contributed by atoms with van der Waals surface area (Å²) in [6.45, 7) is 0.221. The maximum Gasteiger partial charge on any atom is 0.416 e. The molecule has 1 heterocycles. The molecule has 0 fully saturated rings. The molecule has 0 aliphatic carbocycles. The fraction of sp³-hybridized carbons (Fsp3) is 0.188. The fourth-order valence-corrected chi connectivity index (χ4v) is 2.40. The van der Waals surface area contributed by atoms with Crippen LogP contribution in [0.5, 0.6) is 5.75 Å². The lowest BCUT2D eigenvalue weighted by Crippen LogP contribution is -2.14. The first kappa shape index (κ1) is 13.7. The minimum Gasteiger partial charge on any atom is -0.492 e. The average molecular weight is 292 g/mol. The molecule has 5 heteroatoms. The van der Waals surface area contributed by atoms with Crippen molar-refractivity contribution in [1.82, 2.24) is 0 Å². The molecule has 21 heavy (non-hydrogen) atoms. The van der Waals surface area contributed by atoms with E-state index in [1.807, 2.05) is 6.07 Å². The van der Waals surface area contributed by atoms with Gasteiger partial charge in [-0.15, -0.1) is 0 Å². The molecule has 2 aromatic carbocycles. The van der Waals surface area contributed by atoms with E-state index in [9.17, 15) is 18.0 Å². The number of hydrogen-bond donors (Lipinski definition) is 0. The van der Waals surface area contributed by atoms with E-state index >= 15 is 0 Å². The molecule has 2 nitrogen and oxygen atoms in total. The summed E-state index contributed by atoms with van der Waals surface area (Å²) in [4.78, 5) is 12.4. The Morgan fingerprint density at radius 2 is 1.71 bits per heavy atom. The highest BCUT2D eigenvalue weighted by Crippen LogP contribution is 2.36. The summed E-state index contributed by atoms with van der Waals surface area (Å²) in [5, 5.41) is 0. The van der Waals surface area contributed by atoms with Gasteiger partial charge in [-0.2, -0.15) is 13.2 Å². The molecule has 108 valence electrons. The van der Waals surface area contributed by atoms with Crippen molar-refractivity contribution < 1.29 is 22.7 Å². The van der Waals surface area contributed by atoms with Crippen molar-refractivity contribution >= 4 is 5.78 Å². The summed E-state index contributed by atoms with van der Waals surface area (Å²) in [6.07, 6.45) is -4.40. The van der Waals surface area contributed by atoms with Crippen LogP contribution in [-0.4, -0.2) is 12.4 Å². The predicted molar refractivity (Wildman–Crippen MR) is 70.5 cm³/mol. The number of benzene rings is 2. The molecule has 0 bridgehead atoms. The predicted octanol–water partition coefficient (Wildman–Crippen LogP) is 4.06. The van der Waals surface area contributed by atoms with Crippen molar-refractivity contribution in [2.75, 3.05) is 6.61 Å². The van der Waals surface area contributed by atoms with Crippen LogP contribution in [0.3, 0.4) is 0 Å². The van der Waals surface area contributed by atoms with Gasteiger partial charge >= 0.3 is 6.18 Å². The third-order valence-corrected chi connectivity index (χ3v) is 3.51. The molecule has 2 aromatic rings. The third-order valence-electron chi connectivity index (χ3n) is 3.51. The minimum absolute atomic E-state index is 0.221. The van der Waals surface area contributed by atoms with E-state index in [0.29, 0.717) is 5.75 Å². The summed E-state index contributed by atoms with van der Waals surface area (Å²) in [5.74, 6) is -0.0330. The second-order valence-electron chi connectivity index (χ2n) is 4.84. The lowest BCUT2D eigenvalue weighted by atomic mass is 9.92. The maximum absolute atomic E-state index is 12.5. The Hall–Kier alpha value is -2.30. The number of fused-ring (bicyclic) bond motifs is 1. The van der Waals surface area contributed by atoms with Crippen LogP contribution in [0.25, 0.3) is 0 Å². The molecule has 1 atom stereocenters. The van der Waals surface area contributed by atoms with Crippen molar-refractivity contribution in [2.24, 2.45) is 0 Å². The largest absolute Gasteiger partial charge is 0.492 e. The van der Waals surface area contributed by atoms with Crippen LogP contribution in [-0.2, 0) is 6.18 Å². The summed E-state index contributed by atoms with van der Waals surface area (Å²) < 4.78 is 43.0. The summed E-state index contributed by atoms with van der Waals surface area (Å²) in [5.41, 5.74) is 0.276. The van der Waals surface area contributed by atoms with Crippen LogP contribution in [0, 0.1) is 0 Å². The molecule has 1 unspecified atom stereocenters. The van der Waals surface area contributed by atoms with Gasteiger partial charge in [0.2, 0.25) is 0 Å². The van der Waals surface area contributed by atoms with E-state index in [1.165, 1.54) is 12.1 Å². The van der Waals surface area contributed by atoms with Crippen molar-refractivity contribution in [2.45, 2.75) is 12.1 Å². The van der Waals surface area contributed by atoms with Gasteiger partial charge in [-0.05, 0) is 18.2 Å². The van der Waals surface area contributed by atoms with E-state index in [2.05, 4.69) is 0 Å². The number of para-hydroxylation sites is 1. The summed E-state index contributed by atoms with van der Waals surface area (Å²) in [7, 11) is 0. The topological polar surface area (TPSA) is 26.3 Å². The summed E-state index contributed by atoms with van der Waals surface area (Å²) >= 11 is 0. The van der Waals surface area contributed by atoms with Crippen molar-refractivity contribution in [3.63, 3.8) is 0 Å². The smallest absolute Gasteiger partial charge is 0.416 e. The number of ether oxygens (including phenoxy) is 1. The van der Waals surface area contributed by atoms with E-state index in [1.54, 1.807) is 18.2 Å². The highest BCUT2D eigenvalue weighted by Gasteiger charge is 2.33. The lowest BCUT2D eigenvalue weighted by Gasteiger charge is -2.10. The first-order valence-corrected chi connectivity index (χ1v) is 6.40. The first-order valence-electron chi connectivity index (χ1n) is 6.40. The van der Waals surface area contributed by atoms with Gasteiger partial charge in [0.15, 0.2) is 5.78 Å². The Balaban J connectivity index is 1.87. The van der Waals surface area contributed by atoms with Crippen LogP contribution in [0.1, 0.15) is 27.4 Å². The highest BCUT2D eigenvalue weighted by molar-refractivity contribution is 6.01. The number of halogens is 3. The number of Topliss-reactive ketones (excluding diaryl/α,β-unsaturated/α-hetero) is 1. The first-order chi connectivity index (χ1) is 9.97. The van der Waals surface area contributed by atoms with Crippen LogP contribution < -0.4 is 4.74 Å². The lowest BCUT2D eigenvalue weighted by molar-refractivity contribution is -0.137. The molecule has 0 spiro atoms. The van der Waals surface area contributed by atoms with Gasteiger partial charge < -0.3 is 4.74 Å². The number of hydrogen-bond acceptors (Lipinski definition) is 2. The normalized spacial score (nSPS) is 17.2. The van der Waals surface area contributed by atoms with E-state index in [-0.39, 0.29) is 18.0 Å². The Labute approximate surface area is 119 Å². The second-order valence-corrected chi connectivity index (χ2v) is 4.84. The van der Waals surface area contributed by atoms with Crippen LogP contribution in [0.2, 0.25) is 0 Å². The number of carbonyl (C=O) groups excluding carboxylic acids is 1. The molecule has 0 N–H and O–H groups in total. The molecular formula is C16H11F3O2. The van der Waals surface area contributed by atoms with Gasteiger partial charge in [-0.3, -0.25) is 4.79 Å². The molecule has 0 saturated heterocycles. The highest BCUT2D eigenvalue weighted by atomic mass is 19.4. The maximum atomic E-state index is 12.5. The van der Waals surface area contributed by atoms with Crippen LogP contribution >= 0.6 is 0 Å². The summed E-state index contributed by atoms with van der Waals surface area (Å²) in [6, 6.07) is 11.5. The Morgan fingerprint density at radius 1 is 1.05 bits per heavy atom. The molecule has 0 saturated carbocycles. The van der Waals surface area contributed by atoms with E-state index in [4.69, 9.17) is 4.74 Å². The van der Waals surface area contributed by atoms with Crippen molar-refractivity contribution in [3.8, 4) is 5.75 Å². The zero-order chi connectivity index (χ0) is 15.0. The zero-order valence-electron chi connectivity index (χ0n) is 10.9. The van der Waals surface area contributed by atoms with Crippen LogP contribution in [0.4, 0.5) is 13.2 Å². The Bertz CT molecular complexity index is 675. The van der Waals surface area contributed by atoms with Gasteiger partial charge in [-0.1, -0.05) is 30.3 Å². The minimum atomic E-state index is -4.40. The van der Waals surface area contributed by atoms with Gasteiger partial charge in [0.05, 0.1) is 11.5 Å². The van der Waals surface area contributed by atoms with Gasteiger partial charge in [0.1, 0.15) is 12.4 Å². The van der Waals surface area contributed by atoms with Gasteiger partial charge in [0, 0.05) is 11.1 Å². The molecule has 1 aliphatic heterocycles. The number of alkyl halides is 3. The van der Waals surface area contributed by atoms with E-state index < -0.39 is 17.7 Å². The average Bonchev–Trinajstić information content (AvgIpc) is 2.90. The van der Waals surface area contributed by atoms with Gasteiger partial charge in [0.25, 0.3) is 0 Å². The molecule has 1 aliphatic rings.